The maximum absolute atomic E-state index is 6.24. The molecule has 0 heterocycles. The molecule has 1 aliphatic rings. The third kappa shape index (κ3) is 4.42. The van der Waals surface area contributed by atoms with Gasteiger partial charge in [0.1, 0.15) is 36.2 Å². The van der Waals surface area contributed by atoms with Crippen molar-refractivity contribution >= 4 is 10.8 Å². The minimum atomic E-state index is 0.420. The van der Waals surface area contributed by atoms with E-state index in [9.17, 15) is 0 Å². The average Bonchev–Trinajstić information content (AvgIpc) is 2.79. The Hall–Kier alpha value is -2.64. The smallest absolute Gasteiger partial charge is 0.135 e. The number of allylic oxidation sites excluding steroid dienone is 2. The van der Waals surface area contributed by atoms with Gasteiger partial charge in [-0.2, -0.15) is 0 Å². The van der Waals surface area contributed by atoms with Crippen molar-refractivity contribution in [2.45, 2.75) is 12.8 Å². The molecule has 0 amide bonds. The van der Waals surface area contributed by atoms with E-state index >= 15 is 0 Å². The molecule has 0 spiro atoms. The summed E-state index contributed by atoms with van der Waals surface area (Å²) < 4.78 is 39.6. The summed E-state index contributed by atoms with van der Waals surface area (Å²) in [6, 6.07) is 3.81. The molecule has 3 rings (SSSR count). The van der Waals surface area contributed by atoms with Crippen LogP contribution < -0.4 is 18.9 Å². The Kier molecular flexibility index (Phi) is 7.65. The Morgan fingerprint density at radius 1 is 0.733 bits per heavy atom. The van der Waals surface area contributed by atoms with Crippen molar-refractivity contribution in [3.8, 4) is 23.0 Å². The predicted octanol–water partition coefficient (Wildman–Crippen LogP) is 3.54. The highest BCUT2D eigenvalue weighted by molar-refractivity contribution is 6.01. The fraction of sp³-hybridized carbons (Fsp3) is 0.478. The number of methoxy groups -OCH3 is 5. The average molecular weight is 418 g/mol. The molecule has 164 valence electrons. The van der Waals surface area contributed by atoms with Crippen LogP contribution in [-0.4, -0.2) is 62.0 Å². The van der Waals surface area contributed by atoms with Gasteiger partial charge in [-0.1, -0.05) is 0 Å². The van der Waals surface area contributed by atoms with Crippen LogP contribution in [-0.2, 0) is 27.1 Å². The Morgan fingerprint density at radius 3 is 2.03 bits per heavy atom. The summed E-state index contributed by atoms with van der Waals surface area (Å²) in [5.41, 5.74) is 2.11. The molecule has 7 heteroatoms. The van der Waals surface area contributed by atoms with Gasteiger partial charge in [-0.05, 0) is 18.6 Å². The summed E-state index contributed by atoms with van der Waals surface area (Å²) in [6.45, 7) is 1.82. The molecule has 0 bridgehead atoms. The van der Waals surface area contributed by atoms with Crippen molar-refractivity contribution in [2.75, 3.05) is 62.0 Å². The number of benzene rings is 2. The predicted molar refractivity (Wildman–Crippen MR) is 114 cm³/mol. The molecule has 0 saturated carbocycles. The molecular weight excluding hydrogens is 388 g/mol. The van der Waals surface area contributed by atoms with Crippen LogP contribution >= 0.6 is 0 Å². The van der Waals surface area contributed by atoms with Crippen molar-refractivity contribution in [3.63, 3.8) is 0 Å². The lowest BCUT2D eigenvalue weighted by Crippen LogP contribution is -2.14. The van der Waals surface area contributed by atoms with Crippen molar-refractivity contribution in [2.24, 2.45) is 0 Å². The third-order valence-corrected chi connectivity index (χ3v) is 5.13. The molecule has 2 aromatic rings. The topological polar surface area (TPSA) is 64.6 Å². The molecule has 0 saturated heterocycles. The van der Waals surface area contributed by atoms with E-state index in [1.165, 1.54) is 0 Å². The van der Waals surface area contributed by atoms with Gasteiger partial charge < -0.3 is 33.2 Å². The zero-order chi connectivity index (χ0) is 21.5. The molecule has 2 aromatic carbocycles. The molecule has 0 atom stereocenters. The summed E-state index contributed by atoms with van der Waals surface area (Å²) >= 11 is 0. The normalized spacial score (nSPS) is 12.9. The van der Waals surface area contributed by atoms with Crippen molar-refractivity contribution < 1.29 is 33.2 Å². The fourth-order valence-electron chi connectivity index (χ4n) is 3.67. The first-order chi connectivity index (χ1) is 14.7. The highest BCUT2D eigenvalue weighted by Gasteiger charge is 2.27. The molecule has 0 N–H and O–H groups in total. The number of rotatable bonds is 11. The Morgan fingerprint density at radius 2 is 1.43 bits per heavy atom. The minimum Gasteiger partial charge on any atom is -0.501 e. The number of fused-ring (bicyclic) bond motifs is 2. The SMILES string of the molecule is COCCOc1c2c(c(OCCOC)c3c(OC)cc(OC)cc13)CC(OC)=CC2. The Labute approximate surface area is 177 Å². The lowest BCUT2D eigenvalue weighted by Gasteiger charge is -2.26. The molecule has 1 aliphatic carbocycles. The van der Waals surface area contributed by atoms with Crippen LogP contribution in [0.1, 0.15) is 11.1 Å². The maximum Gasteiger partial charge on any atom is 0.135 e. The molecule has 0 fully saturated rings. The van der Waals surface area contributed by atoms with E-state index in [1.807, 2.05) is 12.1 Å². The van der Waals surface area contributed by atoms with E-state index in [-0.39, 0.29) is 0 Å². The van der Waals surface area contributed by atoms with Crippen LogP contribution in [0.3, 0.4) is 0 Å². The van der Waals surface area contributed by atoms with Crippen LogP contribution in [0.25, 0.3) is 10.8 Å². The van der Waals surface area contributed by atoms with Crippen molar-refractivity contribution in [1.82, 2.24) is 0 Å². The maximum atomic E-state index is 6.24. The van der Waals surface area contributed by atoms with Gasteiger partial charge in [-0.3, -0.25) is 0 Å². The van der Waals surface area contributed by atoms with Gasteiger partial charge in [0.05, 0.1) is 45.7 Å². The first-order valence-corrected chi connectivity index (χ1v) is 9.88. The number of ether oxygens (including phenoxy) is 7. The van der Waals surface area contributed by atoms with Crippen LogP contribution in [0.4, 0.5) is 0 Å². The Bertz CT molecular complexity index is 905. The van der Waals surface area contributed by atoms with Crippen LogP contribution in [0, 0.1) is 0 Å². The monoisotopic (exact) mass is 418 g/mol. The zero-order valence-corrected chi connectivity index (χ0v) is 18.3. The summed E-state index contributed by atoms with van der Waals surface area (Å²) in [7, 11) is 8.27. The fourth-order valence-corrected chi connectivity index (χ4v) is 3.67. The minimum absolute atomic E-state index is 0.420. The van der Waals surface area contributed by atoms with Gasteiger partial charge in [-0.25, -0.2) is 0 Å². The molecule has 0 aromatic heterocycles. The van der Waals surface area contributed by atoms with Gasteiger partial charge >= 0.3 is 0 Å². The van der Waals surface area contributed by atoms with E-state index in [4.69, 9.17) is 33.2 Å². The van der Waals surface area contributed by atoms with Crippen molar-refractivity contribution in [1.29, 1.82) is 0 Å². The first kappa shape index (κ1) is 22.1. The lowest BCUT2D eigenvalue weighted by atomic mass is 9.89. The first-order valence-electron chi connectivity index (χ1n) is 9.88. The largest absolute Gasteiger partial charge is 0.501 e. The number of hydrogen-bond donors (Lipinski definition) is 0. The van der Waals surface area contributed by atoms with E-state index in [2.05, 4.69) is 6.08 Å². The molecular formula is C23H30O7. The molecule has 0 aliphatic heterocycles. The highest BCUT2D eigenvalue weighted by atomic mass is 16.5. The van der Waals surface area contributed by atoms with Gasteiger partial charge in [0.25, 0.3) is 0 Å². The second-order valence-corrected chi connectivity index (χ2v) is 6.81. The summed E-state index contributed by atoms with van der Waals surface area (Å²) in [6.07, 6.45) is 3.37. The van der Waals surface area contributed by atoms with Crippen LogP contribution in [0.2, 0.25) is 0 Å². The van der Waals surface area contributed by atoms with Crippen LogP contribution in [0.15, 0.2) is 24.0 Å². The van der Waals surface area contributed by atoms with Gasteiger partial charge in [0.2, 0.25) is 0 Å². The second-order valence-electron chi connectivity index (χ2n) is 6.81. The van der Waals surface area contributed by atoms with Gasteiger partial charge in [0, 0.05) is 43.2 Å². The summed E-state index contributed by atoms with van der Waals surface area (Å²) in [5.74, 6) is 3.79. The van der Waals surface area contributed by atoms with E-state index in [0.29, 0.717) is 50.8 Å². The molecule has 0 unspecified atom stereocenters. The lowest BCUT2D eigenvalue weighted by molar-refractivity contribution is 0.144. The zero-order valence-electron chi connectivity index (χ0n) is 18.3. The van der Waals surface area contributed by atoms with E-state index in [1.54, 1.807) is 35.5 Å². The third-order valence-electron chi connectivity index (χ3n) is 5.13. The standard InChI is InChI=1S/C23H30O7/c1-24-8-10-29-22-17-7-6-15(26-3)12-18(17)23(30-11-9-25-2)21-19(22)13-16(27-4)14-20(21)28-5/h6,13-14H,7-12H2,1-5H3. The van der Waals surface area contributed by atoms with E-state index in [0.717, 1.165) is 39.2 Å². The van der Waals surface area contributed by atoms with E-state index < -0.39 is 0 Å². The van der Waals surface area contributed by atoms with Crippen molar-refractivity contribution in [3.05, 3.63) is 35.1 Å². The summed E-state index contributed by atoms with van der Waals surface area (Å²) in [4.78, 5) is 0. The highest BCUT2D eigenvalue weighted by Crippen LogP contribution is 2.49. The van der Waals surface area contributed by atoms with Gasteiger partial charge in [-0.15, -0.1) is 0 Å². The summed E-state index contributed by atoms with van der Waals surface area (Å²) in [5, 5.41) is 1.72. The molecule has 0 radical (unpaired) electrons. The molecule has 7 nitrogen and oxygen atoms in total. The van der Waals surface area contributed by atoms with Gasteiger partial charge in [0.15, 0.2) is 0 Å². The van der Waals surface area contributed by atoms with Crippen LogP contribution in [0.5, 0.6) is 23.0 Å². The molecule has 30 heavy (non-hydrogen) atoms. The Balaban J connectivity index is 2.28. The second kappa shape index (κ2) is 10.4. The number of hydrogen-bond acceptors (Lipinski definition) is 7. The quantitative estimate of drug-likeness (QED) is 0.517.